The van der Waals surface area contributed by atoms with Gasteiger partial charge < -0.3 is 10.4 Å². The normalized spacial score (nSPS) is 36.6. The second-order valence-electron chi connectivity index (χ2n) is 10.1. The lowest BCUT2D eigenvalue weighted by molar-refractivity contribution is -0.114. The molecule has 31 heavy (non-hydrogen) atoms. The summed E-state index contributed by atoms with van der Waals surface area (Å²) in [6, 6.07) is 8.80. The van der Waals surface area contributed by atoms with Gasteiger partial charge in [0.05, 0.1) is 0 Å². The first kappa shape index (κ1) is 20.6. The number of rotatable bonds is 2. The molecule has 162 valence electrons. The Balaban J connectivity index is 1.68. The van der Waals surface area contributed by atoms with Crippen LogP contribution in [0.3, 0.4) is 0 Å². The van der Waals surface area contributed by atoms with Crippen molar-refractivity contribution in [2.75, 3.05) is 12.4 Å². The number of ketones is 1. The minimum atomic E-state index is -0.912. The van der Waals surface area contributed by atoms with Crippen molar-refractivity contribution in [3.8, 4) is 11.8 Å². The van der Waals surface area contributed by atoms with Crippen LogP contribution < -0.4 is 5.32 Å². The summed E-state index contributed by atoms with van der Waals surface area (Å²) < 4.78 is 0. The van der Waals surface area contributed by atoms with Crippen LogP contribution in [0.2, 0.25) is 0 Å². The molecule has 0 amide bonds. The molecule has 0 saturated heterocycles. The van der Waals surface area contributed by atoms with Gasteiger partial charge in [-0.05, 0) is 92.2 Å². The molecular weight excluding hydrogens is 382 g/mol. The van der Waals surface area contributed by atoms with Crippen molar-refractivity contribution in [3.05, 3.63) is 52.6 Å². The number of aliphatic hydroxyl groups is 1. The van der Waals surface area contributed by atoms with Gasteiger partial charge in [-0.1, -0.05) is 30.6 Å². The zero-order valence-corrected chi connectivity index (χ0v) is 18.9. The third kappa shape index (κ3) is 3.03. The molecule has 5 atom stereocenters. The van der Waals surface area contributed by atoms with Crippen molar-refractivity contribution < 1.29 is 9.90 Å². The molecule has 4 aliphatic rings. The number of carbonyl (C=O) groups is 1. The summed E-state index contributed by atoms with van der Waals surface area (Å²) in [5.74, 6) is 7.74. The van der Waals surface area contributed by atoms with Crippen LogP contribution in [0.1, 0.15) is 70.3 Å². The van der Waals surface area contributed by atoms with E-state index < -0.39 is 5.60 Å². The molecule has 2 unspecified atom stereocenters. The van der Waals surface area contributed by atoms with Crippen LogP contribution in [0.15, 0.2) is 47.1 Å². The number of allylic oxidation sites excluding steroid dienone is 4. The van der Waals surface area contributed by atoms with Gasteiger partial charge in [-0.2, -0.15) is 0 Å². The fourth-order valence-electron chi connectivity index (χ4n) is 7.26. The molecule has 4 aliphatic carbocycles. The summed E-state index contributed by atoms with van der Waals surface area (Å²) in [6.45, 7) is 4.14. The molecule has 0 aromatic heterocycles. The maximum Gasteiger partial charge on any atom is 0.156 e. The topological polar surface area (TPSA) is 49.3 Å². The number of hydrogen-bond donors (Lipinski definition) is 2. The maximum atomic E-state index is 12.1. The highest BCUT2D eigenvalue weighted by Gasteiger charge is 2.62. The van der Waals surface area contributed by atoms with E-state index in [4.69, 9.17) is 0 Å². The van der Waals surface area contributed by atoms with Crippen LogP contribution in [0.5, 0.6) is 0 Å². The molecule has 0 radical (unpaired) electrons. The summed E-state index contributed by atoms with van der Waals surface area (Å²) in [4.78, 5) is 12.1. The van der Waals surface area contributed by atoms with Crippen LogP contribution in [-0.2, 0) is 4.79 Å². The van der Waals surface area contributed by atoms with Crippen LogP contribution in [-0.4, -0.2) is 23.5 Å². The zero-order valence-electron chi connectivity index (χ0n) is 18.9. The highest BCUT2D eigenvalue weighted by molar-refractivity contribution is 5.93. The molecule has 0 spiro atoms. The number of fused-ring (bicyclic) bond motifs is 4. The van der Waals surface area contributed by atoms with E-state index >= 15 is 0 Å². The number of nitrogens with one attached hydrogen (secondary N) is 1. The Bertz CT molecular complexity index is 1040. The smallest absolute Gasteiger partial charge is 0.156 e. The van der Waals surface area contributed by atoms with Gasteiger partial charge in [-0.3, -0.25) is 4.79 Å². The van der Waals surface area contributed by atoms with E-state index in [0.717, 1.165) is 44.2 Å². The van der Waals surface area contributed by atoms with E-state index in [0.29, 0.717) is 18.3 Å². The van der Waals surface area contributed by atoms with Gasteiger partial charge >= 0.3 is 0 Å². The van der Waals surface area contributed by atoms with Gasteiger partial charge in [0, 0.05) is 30.5 Å². The minimum absolute atomic E-state index is 0.219. The molecule has 3 nitrogen and oxygen atoms in total. The average Bonchev–Trinajstić information content (AvgIpc) is 3.03. The number of anilines is 1. The summed E-state index contributed by atoms with van der Waals surface area (Å²) >= 11 is 0. The molecule has 2 saturated carbocycles. The van der Waals surface area contributed by atoms with E-state index in [2.05, 4.69) is 48.3 Å². The van der Waals surface area contributed by atoms with E-state index in [1.807, 2.05) is 20.0 Å². The van der Waals surface area contributed by atoms with E-state index in [9.17, 15) is 9.90 Å². The Morgan fingerprint density at radius 2 is 1.90 bits per heavy atom. The fourth-order valence-corrected chi connectivity index (χ4v) is 7.26. The molecule has 0 heterocycles. The largest absolute Gasteiger partial charge is 0.388 e. The Hall–Kier alpha value is -2.31. The molecule has 1 aromatic rings. The van der Waals surface area contributed by atoms with Crippen molar-refractivity contribution >= 4 is 11.5 Å². The van der Waals surface area contributed by atoms with Crippen molar-refractivity contribution in [3.63, 3.8) is 0 Å². The molecule has 2 fully saturated rings. The lowest BCUT2D eigenvalue weighted by Crippen LogP contribution is -2.51. The van der Waals surface area contributed by atoms with E-state index in [-0.39, 0.29) is 17.1 Å². The van der Waals surface area contributed by atoms with Gasteiger partial charge in [-0.25, -0.2) is 0 Å². The standard InChI is InChI=1S/C28H33NO2/c1-4-14-28(31)15-13-25-23-11-7-19-16-21(30)10-12-22(19)26(23)24(17-27(25,28)2)18-5-8-20(29-3)9-6-18/h5-6,8-9,16,23-25,29,31H,7,10-13,15,17H2,1-3H3/t23?,24-,25?,27+,28+/m1/s1. The molecule has 1 aromatic carbocycles. The number of benzene rings is 1. The third-order valence-electron chi connectivity index (χ3n) is 8.82. The van der Waals surface area contributed by atoms with Crippen LogP contribution in [0, 0.1) is 29.1 Å². The Morgan fingerprint density at radius 3 is 2.61 bits per heavy atom. The minimum Gasteiger partial charge on any atom is -0.388 e. The van der Waals surface area contributed by atoms with Gasteiger partial charge in [0.25, 0.3) is 0 Å². The number of carbonyl (C=O) groups excluding carboxylic acids is 1. The fraction of sp³-hybridized carbons (Fsp3) is 0.536. The van der Waals surface area contributed by atoms with Gasteiger partial charge in [0.1, 0.15) is 5.60 Å². The van der Waals surface area contributed by atoms with Gasteiger partial charge in [-0.15, -0.1) is 5.92 Å². The zero-order chi connectivity index (χ0) is 21.8. The maximum absolute atomic E-state index is 12.1. The lowest BCUT2D eigenvalue weighted by atomic mass is 9.51. The predicted octanol–water partition coefficient (Wildman–Crippen LogP) is 5.38. The average molecular weight is 416 g/mol. The van der Waals surface area contributed by atoms with Gasteiger partial charge in [0.15, 0.2) is 5.78 Å². The van der Waals surface area contributed by atoms with Crippen LogP contribution in [0.4, 0.5) is 5.69 Å². The molecule has 5 rings (SSSR count). The third-order valence-corrected chi connectivity index (χ3v) is 8.82. The molecule has 3 heteroatoms. The van der Waals surface area contributed by atoms with Crippen molar-refractivity contribution in [1.29, 1.82) is 0 Å². The summed E-state index contributed by atoms with van der Waals surface area (Å²) in [5, 5.41) is 14.9. The second kappa shape index (κ2) is 7.38. The first-order valence-electron chi connectivity index (χ1n) is 11.8. The number of hydrogen-bond acceptors (Lipinski definition) is 3. The Morgan fingerprint density at radius 1 is 1.13 bits per heavy atom. The predicted molar refractivity (Wildman–Crippen MR) is 125 cm³/mol. The lowest BCUT2D eigenvalue weighted by Gasteiger charge is -2.53. The van der Waals surface area contributed by atoms with E-state index in [1.54, 1.807) is 5.57 Å². The van der Waals surface area contributed by atoms with Crippen molar-refractivity contribution in [2.45, 2.75) is 70.3 Å². The molecule has 2 N–H and O–H groups in total. The van der Waals surface area contributed by atoms with Crippen LogP contribution >= 0.6 is 0 Å². The highest BCUT2D eigenvalue weighted by atomic mass is 16.3. The second-order valence-corrected chi connectivity index (χ2v) is 10.1. The SMILES string of the molecule is CC#C[C@]1(O)CCC2C3CCC4=CC(=O)CCC4=C3[C@@H](c3ccc(NC)cc3)C[C@@]21C. The molecule has 0 bridgehead atoms. The quantitative estimate of drug-likeness (QED) is 0.638. The van der Waals surface area contributed by atoms with E-state index in [1.165, 1.54) is 16.7 Å². The summed E-state index contributed by atoms with van der Waals surface area (Å²) in [6.07, 6.45) is 8.22. The van der Waals surface area contributed by atoms with Crippen LogP contribution in [0.25, 0.3) is 0 Å². The first-order chi connectivity index (χ1) is 14.9. The molecular formula is C28H33NO2. The van der Waals surface area contributed by atoms with Gasteiger partial charge in [0.2, 0.25) is 0 Å². The summed E-state index contributed by atoms with van der Waals surface area (Å²) in [7, 11) is 1.95. The summed E-state index contributed by atoms with van der Waals surface area (Å²) in [5.41, 5.74) is 5.61. The Labute approximate surface area is 186 Å². The first-order valence-corrected chi connectivity index (χ1v) is 11.8. The Kier molecular flexibility index (Phi) is 4.90. The van der Waals surface area contributed by atoms with Crippen molar-refractivity contribution in [2.24, 2.45) is 17.3 Å². The highest BCUT2D eigenvalue weighted by Crippen LogP contribution is 2.66. The monoisotopic (exact) mass is 415 g/mol. The molecule has 0 aliphatic heterocycles. The van der Waals surface area contributed by atoms with Crippen molar-refractivity contribution in [1.82, 2.24) is 0 Å².